The Balaban J connectivity index is 1.50. The SMILES string of the molecule is Cc1cc(C)cc(-c2nc3cc(NC(=S)NC(=O)c4ccc(I)cc4)ccc3o2)c1. The molecule has 30 heavy (non-hydrogen) atoms. The molecular weight excluding hydrogens is 509 g/mol. The van der Waals surface area contributed by atoms with Gasteiger partial charge in [-0.25, -0.2) is 4.98 Å². The number of hydrogen-bond acceptors (Lipinski definition) is 4. The zero-order chi connectivity index (χ0) is 21.3. The van der Waals surface area contributed by atoms with Gasteiger partial charge >= 0.3 is 0 Å². The van der Waals surface area contributed by atoms with Crippen LogP contribution in [0.4, 0.5) is 5.69 Å². The second-order valence-corrected chi connectivity index (χ2v) is 8.65. The second-order valence-electron chi connectivity index (χ2n) is 6.99. The molecule has 0 unspecified atom stereocenters. The average molecular weight is 527 g/mol. The van der Waals surface area contributed by atoms with E-state index in [4.69, 9.17) is 16.6 Å². The molecule has 1 aromatic heterocycles. The molecule has 2 N–H and O–H groups in total. The molecule has 7 heteroatoms. The van der Waals surface area contributed by atoms with Gasteiger partial charge in [-0.05, 0) is 103 Å². The van der Waals surface area contributed by atoms with Crippen molar-refractivity contribution in [1.82, 2.24) is 10.3 Å². The first-order chi connectivity index (χ1) is 14.4. The number of aromatic nitrogens is 1. The number of rotatable bonds is 3. The quantitative estimate of drug-likeness (QED) is 0.259. The first-order valence-corrected chi connectivity index (χ1v) is 10.7. The number of carbonyl (C=O) groups excluding carboxylic acids is 1. The highest BCUT2D eigenvalue weighted by Crippen LogP contribution is 2.27. The van der Waals surface area contributed by atoms with Gasteiger partial charge in [-0.3, -0.25) is 10.1 Å². The Bertz CT molecular complexity index is 1250. The number of nitrogens with one attached hydrogen (secondary N) is 2. The van der Waals surface area contributed by atoms with Crippen LogP contribution in [0.3, 0.4) is 0 Å². The number of carbonyl (C=O) groups is 1. The molecule has 4 rings (SSSR count). The standard InChI is InChI=1S/C23H18IN3O2S/c1-13-9-14(2)11-16(10-13)22-26-19-12-18(7-8-20(19)29-22)25-23(30)27-21(28)15-3-5-17(24)6-4-15/h3-12H,1-2H3,(H2,25,27,28,30). The lowest BCUT2D eigenvalue weighted by Gasteiger charge is -2.09. The van der Waals surface area contributed by atoms with E-state index in [0.29, 0.717) is 22.6 Å². The van der Waals surface area contributed by atoms with E-state index in [0.717, 1.165) is 25.9 Å². The van der Waals surface area contributed by atoms with E-state index in [1.165, 1.54) is 0 Å². The summed E-state index contributed by atoms with van der Waals surface area (Å²) in [6.45, 7) is 4.10. The third-order valence-electron chi connectivity index (χ3n) is 4.45. The van der Waals surface area contributed by atoms with Crippen LogP contribution in [-0.2, 0) is 0 Å². The van der Waals surface area contributed by atoms with Crippen molar-refractivity contribution in [2.75, 3.05) is 5.32 Å². The third kappa shape index (κ3) is 4.68. The van der Waals surface area contributed by atoms with E-state index in [2.05, 4.69) is 44.3 Å². The fraction of sp³-hybridized carbons (Fsp3) is 0.0870. The lowest BCUT2D eigenvalue weighted by atomic mass is 10.1. The Kier molecular flexibility index (Phi) is 5.83. The highest BCUT2D eigenvalue weighted by Gasteiger charge is 2.11. The molecular formula is C23H18IN3O2S. The molecule has 0 atom stereocenters. The molecule has 0 fully saturated rings. The van der Waals surface area contributed by atoms with Crippen LogP contribution in [0.5, 0.6) is 0 Å². The van der Waals surface area contributed by atoms with Gasteiger partial charge in [0.2, 0.25) is 5.89 Å². The van der Waals surface area contributed by atoms with Gasteiger partial charge in [-0.2, -0.15) is 0 Å². The van der Waals surface area contributed by atoms with Gasteiger partial charge in [0, 0.05) is 20.4 Å². The van der Waals surface area contributed by atoms with E-state index >= 15 is 0 Å². The van der Waals surface area contributed by atoms with E-state index in [-0.39, 0.29) is 11.0 Å². The van der Waals surface area contributed by atoms with Gasteiger partial charge in [0.25, 0.3) is 5.91 Å². The summed E-state index contributed by atoms with van der Waals surface area (Å²) in [6.07, 6.45) is 0. The van der Waals surface area contributed by atoms with E-state index in [1.807, 2.05) is 56.3 Å². The van der Waals surface area contributed by atoms with E-state index in [1.54, 1.807) is 12.1 Å². The Morgan fingerprint density at radius 3 is 2.40 bits per heavy atom. The number of halogens is 1. The molecule has 150 valence electrons. The van der Waals surface area contributed by atoms with Crippen molar-refractivity contribution in [3.63, 3.8) is 0 Å². The van der Waals surface area contributed by atoms with Gasteiger partial charge in [0.05, 0.1) is 0 Å². The lowest BCUT2D eigenvalue weighted by Crippen LogP contribution is -2.34. The minimum absolute atomic E-state index is 0.218. The molecule has 5 nitrogen and oxygen atoms in total. The number of amides is 1. The maximum atomic E-state index is 12.3. The Labute approximate surface area is 193 Å². The number of oxazole rings is 1. The molecule has 1 amide bonds. The van der Waals surface area contributed by atoms with Crippen molar-refractivity contribution in [1.29, 1.82) is 0 Å². The van der Waals surface area contributed by atoms with Gasteiger partial charge in [0.1, 0.15) is 5.52 Å². The van der Waals surface area contributed by atoms with Crippen LogP contribution < -0.4 is 10.6 Å². The summed E-state index contributed by atoms with van der Waals surface area (Å²) in [5, 5.41) is 5.94. The molecule has 0 aliphatic carbocycles. The summed E-state index contributed by atoms with van der Waals surface area (Å²) in [4.78, 5) is 16.9. The average Bonchev–Trinajstić information content (AvgIpc) is 3.11. The number of benzene rings is 3. The van der Waals surface area contributed by atoms with Crippen LogP contribution in [0.15, 0.2) is 65.1 Å². The zero-order valence-corrected chi connectivity index (χ0v) is 19.3. The summed E-state index contributed by atoms with van der Waals surface area (Å²) in [5.41, 5.74) is 5.91. The normalized spacial score (nSPS) is 10.8. The molecule has 0 aliphatic heterocycles. The van der Waals surface area contributed by atoms with Crippen molar-refractivity contribution in [3.8, 4) is 11.5 Å². The largest absolute Gasteiger partial charge is 0.436 e. The first kappa shape index (κ1) is 20.5. The van der Waals surface area contributed by atoms with Gasteiger partial charge in [-0.1, -0.05) is 17.2 Å². The smallest absolute Gasteiger partial charge is 0.257 e. The molecule has 0 saturated heterocycles. The predicted molar refractivity (Wildman–Crippen MR) is 132 cm³/mol. The van der Waals surface area contributed by atoms with Gasteiger partial charge in [-0.15, -0.1) is 0 Å². The molecule has 0 spiro atoms. The number of nitrogens with zero attached hydrogens (tertiary/aromatic N) is 1. The minimum atomic E-state index is -0.261. The van der Waals surface area contributed by atoms with Crippen molar-refractivity contribution in [3.05, 3.63) is 80.9 Å². The van der Waals surface area contributed by atoms with Crippen molar-refractivity contribution >= 4 is 62.6 Å². The Morgan fingerprint density at radius 2 is 1.70 bits per heavy atom. The van der Waals surface area contributed by atoms with Gasteiger partial charge in [0.15, 0.2) is 10.7 Å². The molecule has 3 aromatic carbocycles. The molecule has 1 heterocycles. The van der Waals surface area contributed by atoms with Crippen LogP contribution in [0, 0.1) is 17.4 Å². The number of anilines is 1. The van der Waals surface area contributed by atoms with Crippen molar-refractivity contribution in [2.24, 2.45) is 0 Å². The molecule has 0 saturated carbocycles. The summed E-state index contributed by atoms with van der Waals surface area (Å²) in [6, 6.07) is 19.0. The minimum Gasteiger partial charge on any atom is -0.436 e. The van der Waals surface area contributed by atoms with Crippen molar-refractivity contribution in [2.45, 2.75) is 13.8 Å². The second kappa shape index (κ2) is 8.53. The number of fused-ring (bicyclic) bond motifs is 1. The first-order valence-electron chi connectivity index (χ1n) is 9.24. The maximum Gasteiger partial charge on any atom is 0.257 e. The molecule has 0 aliphatic rings. The summed E-state index contributed by atoms with van der Waals surface area (Å²) < 4.78 is 6.98. The number of aryl methyl sites for hydroxylation is 2. The molecule has 4 aromatic rings. The van der Waals surface area contributed by atoms with Crippen LogP contribution in [0.25, 0.3) is 22.6 Å². The fourth-order valence-corrected chi connectivity index (χ4v) is 3.74. The highest BCUT2D eigenvalue weighted by atomic mass is 127. The Morgan fingerprint density at radius 1 is 1.00 bits per heavy atom. The summed E-state index contributed by atoms with van der Waals surface area (Å²) in [5.74, 6) is 0.312. The van der Waals surface area contributed by atoms with E-state index < -0.39 is 0 Å². The lowest BCUT2D eigenvalue weighted by molar-refractivity contribution is 0.0977. The third-order valence-corrected chi connectivity index (χ3v) is 5.37. The van der Waals surface area contributed by atoms with Crippen LogP contribution >= 0.6 is 34.8 Å². The zero-order valence-electron chi connectivity index (χ0n) is 16.3. The van der Waals surface area contributed by atoms with Crippen LogP contribution in [-0.4, -0.2) is 16.0 Å². The molecule has 0 bridgehead atoms. The van der Waals surface area contributed by atoms with Crippen LogP contribution in [0.2, 0.25) is 0 Å². The van der Waals surface area contributed by atoms with Crippen LogP contribution in [0.1, 0.15) is 21.5 Å². The molecule has 0 radical (unpaired) electrons. The van der Waals surface area contributed by atoms with Gasteiger partial charge < -0.3 is 9.73 Å². The maximum absolute atomic E-state index is 12.3. The topological polar surface area (TPSA) is 67.2 Å². The Hall–Kier alpha value is -2.78. The number of hydrogen-bond donors (Lipinski definition) is 2. The number of thiocarbonyl (C=S) groups is 1. The predicted octanol–water partition coefficient (Wildman–Crippen LogP) is 5.84. The van der Waals surface area contributed by atoms with Crippen molar-refractivity contribution < 1.29 is 9.21 Å². The summed E-state index contributed by atoms with van der Waals surface area (Å²) >= 11 is 7.47. The monoisotopic (exact) mass is 527 g/mol. The van der Waals surface area contributed by atoms with E-state index in [9.17, 15) is 4.79 Å². The summed E-state index contributed by atoms with van der Waals surface area (Å²) in [7, 11) is 0. The fourth-order valence-electron chi connectivity index (χ4n) is 3.17. The highest BCUT2D eigenvalue weighted by molar-refractivity contribution is 14.1.